The highest BCUT2D eigenvalue weighted by Crippen LogP contribution is 2.33. The highest BCUT2D eigenvalue weighted by atomic mass is 19.1. The summed E-state index contributed by atoms with van der Waals surface area (Å²) in [4.78, 5) is 20.9. The van der Waals surface area contributed by atoms with E-state index in [0.29, 0.717) is 12.1 Å². The summed E-state index contributed by atoms with van der Waals surface area (Å²) in [7, 11) is 3.62. The zero-order valence-corrected chi connectivity index (χ0v) is 14.0. The number of halogens is 1. The molecule has 1 atom stereocenters. The number of hydrogen-bond donors (Lipinski definition) is 0. The molecule has 5 heteroatoms. The summed E-state index contributed by atoms with van der Waals surface area (Å²) in [5.74, 6) is -0.395. The molecule has 4 nitrogen and oxygen atoms in total. The first kappa shape index (κ1) is 16.6. The largest absolute Gasteiger partial charge is 0.334 e. The van der Waals surface area contributed by atoms with Gasteiger partial charge in [-0.05, 0) is 50.7 Å². The standard InChI is InChI=1S/C19H22FN3O/c1-22(2)18(16-5-3-4-6-17(16)20)19(24)23(15-7-8-15)13-14-9-11-21-12-10-14/h3-6,9-12,15,18H,7-8,13H2,1-2H3/t18-/m0/s1. The minimum Gasteiger partial charge on any atom is -0.334 e. The van der Waals surface area contributed by atoms with E-state index in [-0.39, 0.29) is 17.8 Å². The quantitative estimate of drug-likeness (QED) is 0.818. The predicted molar refractivity (Wildman–Crippen MR) is 90.6 cm³/mol. The second kappa shape index (κ2) is 7.09. The first-order valence-corrected chi connectivity index (χ1v) is 8.18. The molecule has 1 amide bonds. The van der Waals surface area contributed by atoms with E-state index in [9.17, 15) is 9.18 Å². The van der Waals surface area contributed by atoms with Crippen LogP contribution in [0.1, 0.15) is 30.0 Å². The molecule has 1 heterocycles. The molecule has 0 N–H and O–H groups in total. The predicted octanol–water partition coefficient (Wildman–Crippen LogP) is 3.01. The topological polar surface area (TPSA) is 36.4 Å². The molecular formula is C19H22FN3O. The Hall–Kier alpha value is -2.27. The van der Waals surface area contributed by atoms with Gasteiger partial charge in [-0.2, -0.15) is 0 Å². The maximum Gasteiger partial charge on any atom is 0.245 e. The summed E-state index contributed by atoms with van der Waals surface area (Å²) in [6.07, 6.45) is 5.47. The molecule has 1 saturated carbocycles. The lowest BCUT2D eigenvalue weighted by atomic mass is 10.0. The molecule has 3 rings (SSSR count). The van der Waals surface area contributed by atoms with Crippen LogP contribution in [0, 0.1) is 5.82 Å². The van der Waals surface area contributed by atoms with Crippen LogP contribution >= 0.6 is 0 Å². The van der Waals surface area contributed by atoms with E-state index in [2.05, 4.69) is 4.98 Å². The van der Waals surface area contributed by atoms with Crippen molar-refractivity contribution in [3.63, 3.8) is 0 Å². The van der Waals surface area contributed by atoms with Crippen molar-refractivity contribution >= 4 is 5.91 Å². The van der Waals surface area contributed by atoms with Gasteiger partial charge in [0.05, 0.1) is 0 Å². The Balaban J connectivity index is 1.88. The fourth-order valence-electron chi connectivity index (χ4n) is 2.94. The van der Waals surface area contributed by atoms with Crippen LogP contribution in [0.4, 0.5) is 4.39 Å². The van der Waals surface area contributed by atoms with Gasteiger partial charge in [-0.25, -0.2) is 4.39 Å². The minimum atomic E-state index is -0.617. The van der Waals surface area contributed by atoms with Crippen LogP contribution in [-0.4, -0.2) is 40.8 Å². The second-order valence-corrected chi connectivity index (χ2v) is 6.44. The smallest absolute Gasteiger partial charge is 0.245 e. The average Bonchev–Trinajstić information content (AvgIpc) is 3.40. The first-order chi connectivity index (χ1) is 11.6. The van der Waals surface area contributed by atoms with Crippen LogP contribution in [0.5, 0.6) is 0 Å². The lowest BCUT2D eigenvalue weighted by molar-refractivity contribution is -0.137. The molecule has 1 aromatic heterocycles. The van der Waals surface area contributed by atoms with Gasteiger partial charge in [0.1, 0.15) is 11.9 Å². The molecule has 1 aromatic carbocycles. The summed E-state index contributed by atoms with van der Waals surface area (Å²) in [5.41, 5.74) is 1.46. The van der Waals surface area contributed by atoms with Crippen molar-refractivity contribution in [2.75, 3.05) is 14.1 Å². The lowest BCUT2D eigenvalue weighted by Gasteiger charge is -2.31. The van der Waals surface area contributed by atoms with E-state index in [4.69, 9.17) is 0 Å². The van der Waals surface area contributed by atoms with Crippen LogP contribution in [0.3, 0.4) is 0 Å². The molecular weight excluding hydrogens is 305 g/mol. The zero-order valence-electron chi connectivity index (χ0n) is 14.0. The molecule has 0 saturated heterocycles. The zero-order chi connectivity index (χ0) is 17.1. The summed E-state index contributed by atoms with van der Waals surface area (Å²) in [6, 6.07) is 9.97. The van der Waals surface area contributed by atoms with E-state index in [1.807, 2.05) is 31.1 Å². The molecule has 0 aliphatic heterocycles. The number of pyridine rings is 1. The highest BCUT2D eigenvalue weighted by Gasteiger charge is 2.38. The van der Waals surface area contributed by atoms with Crippen molar-refractivity contribution in [1.29, 1.82) is 0 Å². The fourth-order valence-corrected chi connectivity index (χ4v) is 2.94. The van der Waals surface area contributed by atoms with Gasteiger partial charge in [0.15, 0.2) is 0 Å². The lowest BCUT2D eigenvalue weighted by Crippen LogP contribution is -2.41. The van der Waals surface area contributed by atoms with Gasteiger partial charge in [0.2, 0.25) is 5.91 Å². The van der Waals surface area contributed by atoms with Crippen LogP contribution in [0.25, 0.3) is 0 Å². The van der Waals surface area contributed by atoms with E-state index >= 15 is 0 Å². The number of carbonyl (C=O) groups is 1. The Kier molecular flexibility index (Phi) is 4.90. The van der Waals surface area contributed by atoms with E-state index < -0.39 is 6.04 Å². The maximum absolute atomic E-state index is 14.3. The first-order valence-electron chi connectivity index (χ1n) is 8.18. The molecule has 2 aromatic rings. The van der Waals surface area contributed by atoms with Crippen LogP contribution in [0.15, 0.2) is 48.8 Å². The number of amides is 1. The van der Waals surface area contributed by atoms with Crippen LogP contribution < -0.4 is 0 Å². The number of benzene rings is 1. The SMILES string of the molecule is CN(C)[C@H](C(=O)N(Cc1ccncc1)C1CC1)c1ccccc1F. The number of hydrogen-bond acceptors (Lipinski definition) is 3. The molecule has 0 spiro atoms. The van der Waals surface area contributed by atoms with E-state index in [0.717, 1.165) is 18.4 Å². The van der Waals surface area contributed by atoms with Crippen molar-refractivity contribution in [2.45, 2.75) is 31.5 Å². The third kappa shape index (κ3) is 3.62. The van der Waals surface area contributed by atoms with Crippen molar-refractivity contribution in [3.8, 4) is 0 Å². The molecule has 0 radical (unpaired) electrons. The third-order valence-corrected chi connectivity index (χ3v) is 4.32. The monoisotopic (exact) mass is 327 g/mol. The van der Waals surface area contributed by atoms with Crippen LogP contribution in [0.2, 0.25) is 0 Å². The Morgan fingerprint density at radius 2 is 1.88 bits per heavy atom. The second-order valence-electron chi connectivity index (χ2n) is 6.44. The number of rotatable bonds is 6. The Morgan fingerprint density at radius 3 is 2.46 bits per heavy atom. The normalized spacial score (nSPS) is 15.3. The summed E-state index contributed by atoms with van der Waals surface area (Å²) >= 11 is 0. The molecule has 0 bridgehead atoms. The number of aromatic nitrogens is 1. The van der Waals surface area contributed by atoms with Crippen molar-refractivity contribution < 1.29 is 9.18 Å². The molecule has 24 heavy (non-hydrogen) atoms. The van der Waals surface area contributed by atoms with Crippen LogP contribution in [-0.2, 0) is 11.3 Å². The molecule has 126 valence electrons. The summed E-state index contributed by atoms with van der Waals surface area (Å²) in [6.45, 7) is 0.533. The Labute approximate surface area is 141 Å². The number of nitrogens with zero attached hydrogens (tertiary/aromatic N) is 3. The van der Waals surface area contributed by atoms with Crippen molar-refractivity contribution in [2.24, 2.45) is 0 Å². The molecule has 1 aliphatic carbocycles. The van der Waals surface area contributed by atoms with Gasteiger partial charge >= 0.3 is 0 Å². The molecule has 1 aliphatic rings. The average molecular weight is 327 g/mol. The van der Waals surface area contributed by atoms with Crippen molar-refractivity contribution in [1.82, 2.24) is 14.8 Å². The fraction of sp³-hybridized carbons (Fsp3) is 0.368. The summed E-state index contributed by atoms with van der Waals surface area (Å²) in [5, 5.41) is 0. The number of likely N-dealkylation sites (N-methyl/N-ethyl adjacent to an activating group) is 1. The summed E-state index contributed by atoms with van der Waals surface area (Å²) < 4.78 is 14.3. The maximum atomic E-state index is 14.3. The van der Waals surface area contributed by atoms with Gasteiger partial charge in [-0.3, -0.25) is 14.7 Å². The minimum absolute atomic E-state index is 0.0515. The van der Waals surface area contributed by atoms with Gasteiger partial charge in [0, 0.05) is 30.5 Å². The van der Waals surface area contributed by atoms with Crippen molar-refractivity contribution in [3.05, 3.63) is 65.7 Å². The molecule has 1 fully saturated rings. The van der Waals surface area contributed by atoms with E-state index in [1.54, 1.807) is 35.5 Å². The van der Waals surface area contributed by atoms with E-state index in [1.165, 1.54) is 6.07 Å². The Bertz CT molecular complexity index is 701. The number of carbonyl (C=O) groups excluding carboxylic acids is 1. The van der Waals surface area contributed by atoms with Gasteiger partial charge in [0.25, 0.3) is 0 Å². The van der Waals surface area contributed by atoms with Gasteiger partial charge in [-0.15, -0.1) is 0 Å². The highest BCUT2D eigenvalue weighted by molar-refractivity contribution is 5.84. The van der Waals surface area contributed by atoms with Gasteiger partial charge in [-0.1, -0.05) is 18.2 Å². The molecule has 0 unspecified atom stereocenters. The van der Waals surface area contributed by atoms with Gasteiger partial charge < -0.3 is 4.90 Å². The third-order valence-electron chi connectivity index (χ3n) is 4.32. The Morgan fingerprint density at radius 1 is 1.21 bits per heavy atom.